The third-order valence-electron chi connectivity index (χ3n) is 5.58. The third-order valence-corrected chi connectivity index (χ3v) is 5.58. The number of nitrogens with zero attached hydrogens (tertiary/aromatic N) is 3. The second-order valence-corrected chi connectivity index (χ2v) is 7.23. The van der Waals surface area contributed by atoms with E-state index in [1.165, 1.54) is 35.2 Å². The summed E-state index contributed by atoms with van der Waals surface area (Å²) in [7, 11) is 0. The lowest BCUT2D eigenvalue weighted by molar-refractivity contribution is 0.599. The van der Waals surface area contributed by atoms with Gasteiger partial charge in [-0.3, -0.25) is 0 Å². The van der Waals surface area contributed by atoms with Gasteiger partial charge >= 0.3 is 0 Å². The summed E-state index contributed by atoms with van der Waals surface area (Å²) in [6, 6.07) is 8.77. The Kier molecular flexibility index (Phi) is 2.80. The van der Waals surface area contributed by atoms with Crippen LogP contribution in [0.3, 0.4) is 0 Å². The van der Waals surface area contributed by atoms with Gasteiger partial charge in [-0.15, -0.1) is 0 Å². The molecule has 0 amide bonds. The number of benzene rings is 1. The van der Waals surface area contributed by atoms with Gasteiger partial charge in [0.25, 0.3) is 0 Å². The molecule has 5 rings (SSSR count). The Labute approximate surface area is 136 Å². The van der Waals surface area contributed by atoms with Gasteiger partial charge in [0.15, 0.2) is 0 Å². The average molecular weight is 306 g/mol. The van der Waals surface area contributed by atoms with Crippen molar-refractivity contribution in [3.8, 4) is 11.3 Å². The van der Waals surface area contributed by atoms with E-state index in [4.69, 9.17) is 15.7 Å². The van der Waals surface area contributed by atoms with Crippen LogP contribution in [0.2, 0.25) is 0 Å². The van der Waals surface area contributed by atoms with Crippen LogP contribution in [0.4, 0.5) is 5.95 Å². The average Bonchev–Trinajstić information content (AvgIpc) is 3.09. The molecule has 0 atom stereocenters. The fourth-order valence-corrected chi connectivity index (χ4v) is 3.70. The summed E-state index contributed by atoms with van der Waals surface area (Å²) in [5, 5.41) is 0. The fourth-order valence-electron chi connectivity index (χ4n) is 3.70. The zero-order valence-corrected chi connectivity index (χ0v) is 13.4. The lowest BCUT2D eigenvalue weighted by Crippen LogP contribution is -2.38. The molecule has 4 nitrogen and oxygen atoms in total. The van der Waals surface area contributed by atoms with E-state index in [0.717, 1.165) is 50.4 Å². The second-order valence-electron chi connectivity index (χ2n) is 7.23. The first-order chi connectivity index (χ1) is 11.2. The predicted molar refractivity (Wildman–Crippen MR) is 91.4 cm³/mol. The van der Waals surface area contributed by atoms with E-state index in [-0.39, 0.29) is 5.54 Å². The van der Waals surface area contributed by atoms with Crippen LogP contribution >= 0.6 is 0 Å². The number of rotatable bonds is 3. The van der Waals surface area contributed by atoms with Gasteiger partial charge in [-0.25, -0.2) is 9.97 Å². The van der Waals surface area contributed by atoms with Gasteiger partial charge in [0.1, 0.15) is 0 Å². The maximum atomic E-state index is 6.30. The maximum Gasteiger partial charge on any atom is 0.226 e. The largest absolute Gasteiger partial charge is 0.341 e. The number of hydrogen-bond acceptors (Lipinski definition) is 4. The highest BCUT2D eigenvalue weighted by Crippen LogP contribution is 2.43. The first-order valence-electron chi connectivity index (χ1n) is 8.77. The number of aryl methyl sites for hydroxylation is 1. The van der Waals surface area contributed by atoms with Gasteiger partial charge in [0.2, 0.25) is 5.95 Å². The summed E-state index contributed by atoms with van der Waals surface area (Å²) in [4.78, 5) is 12.0. The van der Waals surface area contributed by atoms with Gasteiger partial charge in [0.05, 0.1) is 5.69 Å². The summed E-state index contributed by atoms with van der Waals surface area (Å²) < 4.78 is 0. The molecule has 2 aromatic rings. The molecule has 0 spiro atoms. The molecule has 2 N–H and O–H groups in total. The Hall–Kier alpha value is -1.94. The Morgan fingerprint density at radius 1 is 0.957 bits per heavy atom. The molecule has 1 saturated heterocycles. The zero-order valence-electron chi connectivity index (χ0n) is 13.4. The summed E-state index contributed by atoms with van der Waals surface area (Å²) in [5.41, 5.74) is 12.5. The number of aromatic nitrogens is 2. The molecule has 23 heavy (non-hydrogen) atoms. The van der Waals surface area contributed by atoms with Crippen LogP contribution in [0.5, 0.6) is 0 Å². The first-order valence-corrected chi connectivity index (χ1v) is 8.77. The van der Waals surface area contributed by atoms with E-state index >= 15 is 0 Å². The molecule has 4 heteroatoms. The van der Waals surface area contributed by atoms with Crippen molar-refractivity contribution in [3.63, 3.8) is 0 Å². The number of fused-ring (bicyclic) bond motifs is 1. The van der Waals surface area contributed by atoms with Crippen molar-refractivity contribution in [1.82, 2.24) is 9.97 Å². The number of anilines is 1. The molecule has 2 aliphatic carbocycles. The monoisotopic (exact) mass is 306 g/mol. The summed E-state index contributed by atoms with van der Waals surface area (Å²) in [6.07, 6.45) is 6.86. The van der Waals surface area contributed by atoms with Gasteiger partial charge in [-0.2, -0.15) is 0 Å². The van der Waals surface area contributed by atoms with Crippen molar-refractivity contribution >= 4 is 5.95 Å². The molecular formula is C19H22N4. The van der Waals surface area contributed by atoms with Crippen LogP contribution < -0.4 is 10.6 Å². The summed E-state index contributed by atoms with van der Waals surface area (Å²) in [6.45, 7) is 2.18. The Balaban J connectivity index is 1.57. The van der Waals surface area contributed by atoms with Crippen molar-refractivity contribution in [3.05, 3.63) is 41.1 Å². The highest BCUT2D eigenvalue weighted by Gasteiger charge is 2.39. The van der Waals surface area contributed by atoms with Gasteiger partial charge in [0, 0.05) is 35.4 Å². The van der Waals surface area contributed by atoms with Crippen LogP contribution in [0.1, 0.15) is 42.5 Å². The molecule has 2 fully saturated rings. The molecule has 3 aliphatic rings. The summed E-state index contributed by atoms with van der Waals surface area (Å²) in [5.74, 6) is 0.925. The van der Waals surface area contributed by atoms with E-state index < -0.39 is 0 Å². The van der Waals surface area contributed by atoms with Crippen molar-refractivity contribution in [2.45, 2.75) is 44.1 Å². The molecule has 1 aromatic carbocycles. The Morgan fingerprint density at radius 2 is 1.74 bits per heavy atom. The van der Waals surface area contributed by atoms with E-state index in [2.05, 4.69) is 29.2 Å². The van der Waals surface area contributed by atoms with Crippen molar-refractivity contribution in [2.75, 3.05) is 18.0 Å². The molecular weight excluding hydrogens is 284 g/mol. The quantitative estimate of drug-likeness (QED) is 0.947. The van der Waals surface area contributed by atoms with Crippen molar-refractivity contribution in [1.29, 1.82) is 0 Å². The highest BCUT2D eigenvalue weighted by molar-refractivity contribution is 5.67. The molecule has 118 valence electrons. The van der Waals surface area contributed by atoms with Crippen molar-refractivity contribution < 1.29 is 0 Å². The van der Waals surface area contributed by atoms with Gasteiger partial charge < -0.3 is 10.6 Å². The molecule has 2 heterocycles. The molecule has 0 bridgehead atoms. The Bertz CT molecular complexity index is 758. The molecule has 1 aliphatic heterocycles. The van der Waals surface area contributed by atoms with Crippen molar-refractivity contribution in [2.24, 2.45) is 5.73 Å². The van der Waals surface area contributed by atoms with Gasteiger partial charge in [-0.1, -0.05) is 24.3 Å². The smallest absolute Gasteiger partial charge is 0.226 e. The standard InChI is InChI=1S/C19H22N4/c20-19(9-10-19)14-7-5-13(6-8-14)17-15-3-1-4-16(15)21-18(22-17)23-11-2-12-23/h5-8H,1-4,9-12,20H2. The Morgan fingerprint density at radius 3 is 2.39 bits per heavy atom. The first kappa shape index (κ1) is 13.5. The van der Waals surface area contributed by atoms with E-state index in [1.807, 2.05) is 0 Å². The van der Waals surface area contributed by atoms with Crippen LogP contribution in [-0.4, -0.2) is 23.1 Å². The van der Waals surface area contributed by atoms with E-state index in [1.54, 1.807) is 0 Å². The van der Waals surface area contributed by atoms with Crippen LogP contribution in [-0.2, 0) is 18.4 Å². The minimum atomic E-state index is -0.0606. The summed E-state index contributed by atoms with van der Waals surface area (Å²) >= 11 is 0. The van der Waals surface area contributed by atoms with E-state index in [9.17, 15) is 0 Å². The van der Waals surface area contributed by atoms with Crippen LogP contribution in [0, 0.1) is 0 Å². The topological polar surface area (TPSA) is 55.0 Å². The maximum absolute atomic E-state index is 6.30. The normalized spacial score (nSPS) is 21.0. The molecule has 1 aromatic heterocycles. The lowest BCUT2D eigenvalue weighted by Gasteiger charge is -2.31. The predicted octanol–water partition coefficient (Wildman–Crippen LogP) is 2.79. The fraction of sp³-hybridized carbons (Fsp3) is 0.474. The van der Waals surface area contributed by atoms with Gasteiger partial charge in [-0.05, 0) is 44.1 Å². The molecule has 1 saturated carbocycles. The number of nitrogens with two attached hydrogens (primary N) is 1. The third kappa shape index (κ3) is 2.16. The van der Waals surface area contributed by atoms with Crippen LogP contribution in [0.25, 0.3) is 11.3 Å². The lowest BCUT2D eigenvalue weighted by atomic mass is 10.00. The number of hydrogen-bond donors (Lipinski definition) is 1. The second kappa shape index (κ2) is 4.78. The minimum absolute atomic E-state index is 0.0606. The molecule has 0 unspecified atom stereocenters. The zero-order chi connectivity index (χ0) is 15.4. The van der Waals surface area contributed by atoms with Crippen LogP contribution in [0.15, 0.2) is 24.3 Å². The SMILES string of the molecule is NC1(c2ccc(-c3nc(N4CCC4)nc4c3CCC4)cc2)CC1. The minimum Gasteiger partial charge on any atom is -0.341 e. The van der Waals surface area contributed by atoms with E-state index in [0.29, 0.717) is 0 Å². The highest BCUT2D eigenvalue weighted by atomic mass is 15.3. The molecule has 0 radical (unpaired) electrons.